The number of rotatable bonds is 6. The van der Waals surface area contributed by atoms with E-state index >= 15 is 0 Å². The van der Waals surface area contributed by atoms with Crippen LogP contribution in [-0.2, 0) is 15.9 Å². The van der Waals surface area contributed by atoms with Gasteiger partial charge in [-0.1, -0.05) is 13.0 Å². The van der Waals surface area contributed by atoms with E-state index in [1.165, 1.54) is 16.4 Å². The smallest absolute Gasteiger partial charge is 0.207 e. The van der Waals surface area contributed by atoms with Gasteiger partial charge in [0.2, 0.25) is 10.0 Å². The molecule has 1 aliphatic carbocycles. The molecule has 0 bridgehead atoms. The molecule has 1 saturated carbocycles. The van der Waals surface area contributed by atoms with Crippen molar-refractivity contribution in [1.82, 2.24) is 4.31 Å². The van der Waals surface area contributed by atoms with Crippen molar-refractivity contribution >= 4 is 21.6 Å². The van der Waals surface area contributed by atoms with Crippen LogP contribution < -0.4 is 0 Å². The maximum Gasteiger partial charge on any atom is 0.243 e. The summed E-state index contributed by atoms with van der Waals surface area (Å²) < 4.78 is 40.1. The Kier molecular flexibility index (Phi) is 4.48. The van der Waals surface area contributed by atoms with Gasteiger partial charge in [0.15, 0.2) is 0 Å². The minimum Gasteiger partial charge on any atom is -0.207 e. The van der Waals surface area contributed by atoms with Gasteiger partial charge in [0.05, 0.1) is 4.90 Å². The van der Waals surface area contributed by atoms with Gasteiger partial charge in [0.1, 0.15) is 5.82 Å². The highest BCUT2D eigenvalue weighted by atomic mass is 35.5. The third-order valence-corrected chi connectivity index (χ3v) is 5.48. The molecule has 1 fully saturated rings. The van der Waals surface area contributed by atoms with Crippen molar-refractivity contribution in [2.45, 2.75) is 43.0 Å². The average Bonchev–Trinajstić information content (AvgIpc) is 3.20. The Bertz CT molecular complexity index is 558. The highest BCUT2D eigenvalue weighted by molar-refractivity contribution is 7.89. The number of hydrogen-bond acceptors (Lipinski definition) is 2. The number of halogens is 2. The van der Waals surface area contributed by atoms with Gasteiger partial charge in [-0.25, -0.2) is 12.8 Å². The molecule has 1 aromatic carbocycles. The predicted octanol–water partition coefficient (Wildman–Crippen LogP) is 3.13. The molecule has 0 atom stereocenters. The van der Waals surface area contributed by atoms with Crippen molar-refractivity contribution in [3.05, 3.63) is 29.6 Å². The summed E-state index contributed by atoms with van der Waals surface area (Å²) in [6.45, 7) is 2.39. The monoisotopic (exact) mass is 305 g/mol. The lowest BCUT2D eigenvalue weighted by Gasteiger charge is -2.22. The first-order chi connectivity index (χ1) is 9.00. The van der Waals surface area contributed by atoms with Crippen molar-refractivity contribution in [3.63, 3.8) is 0 Å². The number of sulfonamides is 1. The highest BCUT2D eigenvalue weighted by Gasteiger charge is 2.38. The lowest BCUT2D eigenvalue weighted by Crippen LogP contribution is -2.34. The SMILES string of the molecule is CCCN(C1CC1)S(=O)(=O)c1cc(F)ccc1CCl. The number of benzene rings is 1. The summed E-state index contributed by atoms with van der Waals surface area (Å²) in [5.41, 5.74) is 0.449. The maximum atomic E-state index is 13.4. The highest BCUT2D eigenvalue weighted by Crippen LogP contribution is 2.33. The van der Waals surface area contributed by atoms with Crippen molar-refractivity contribution in [2.75, 3.05) is 6.54 Å². The minimum atomic E-state index is -3.66. The molecular weight excluding hydrogens is 289 g/mol. The van der Waals surface area contributed by atoms with E-state index in [0.29, 0.717) is 12.1 Å². The Balaban J connectivity index is 2.45. The third kappa shape index (κ3) is 3.09. The summed E-state index contributed by atoms with van der Waals surface area (Å²) in [6.07, 6.45) is 2.50. The standard InChI is InChI=1S/C13H17ClFNO2S/c1-2-7-16(12-5-6-12)19(17,18)13-8-11(15)4-3-10(13)9-14/h3-4,8,12H,2,5-7,9H2,1H3. The normalized spacial score (nSPS) is 16.0. The molecule has 2 rings (SSSR count). The third-order valence-electron chi connectivity index (χ3n) is 3.16. The van der Waals surface area contributed by atoms with Gasteiger partial charge < -0.3 is 0 Å². The summed E-state index contributed by atoms with van der Waals surface area (Å²) in [6, 6.07) is 3.80. The van der Waals surface area contributed by atoms with Gasteiger partial charge in [-0.05, 0) is 37.0 Å². The molecule has 106 valence electrons. The number of alkyl halides is 1. The van der Waals surface area contributed by atoms with E-state index < -0.39 is 15.8 Å². The van der Waals surface area contributed by atoms with Crippen LogP contribution in [0.3, 0.4) is 0 Å². The fourth-order valence-corrected chi connectivity index (χ4v) is 4.41. The molecule has 1 aliphatic rings. The van der Waals surface area contributed by atoms with Crippen LogP contribution in [0.2, 0.25) is 0 Å². The maximum absolute atomic E-state index is 13.4. The molecule has 6 heteroatoms. The molecule has 19 heavy (non-hydrogen) atoms. The van der Waals surface area contributed by atoms with Crippen LogP contribution in [0.25, 0.3) is 0 Å². The zero-order valence-electron chi connectivity index (χ0n) is 10.8. The van der Waals surface area contributed by atoms with Crippen molar-refractivity contribution in [2.24, 2.45) is 0 Å². The van der Waals surface area contributed by atoms with E-state index in [4.69, 9.17) is 11.6 Å². The van der Waals surface area contributed by atoms with Crippen LogP contribution in [0.4, 0.5) is 4.39 Å². The molecule has 0 aliphatic heterocycles. The van der Waals surface area contributed by atoms with Gasteiger partial charge in [0, 0.05) is 18.5 Å². The molecule has 0 radical (unpaired) electrons. The molecular formula is C13H17ClFNO2S. The number of hydrogen-bond donors (Lipinski definition) is 0. The Morgan fingerprint density at radius 2 is 2.11 bits per heavy atom. The summed E-state index contributed by atoms with van der Waals surface area (Å²) in [5.74, 6) is -0.501. The lowest BCUT2D eigenvalue weighted by molar-refractivity contribution is 0.402. The van der Waals surface area contributed by atoms with E-state index in [-0.39, 0.29) is 16.8 Å². The second kappa shape index (κ2) is 5.77. The number of nitrogens with zero attached hydrogens (tertiary/aromatic N) is 1. The van der Waals surface area contributed by atoms with Gasteiger partial charge in [-0.15, -0.1) is 11.6 Å². The first kappa shape index (κ1) is 14.8. The van der Waals surface area contributed by atoms with Crippen LogP contribution in [0.15, 0.2) is 23.1 Å². The minimum absolute atomic E-state index is 0.00264. The summed E-state index contributed by atoms with van der Waals surface area (Å²) in [4.78, 5) is 0.00264. The van der Waals surface area contributed by atoms with E-state index in [0.717, 1.165) is 25.3 Å². The molecule has 0 spiro atoms. The second-order valence-corrected chi connectivity index (χ2v) is 6.86. The van der Waals surface area contributed by atoms with Gasteiger partial charge >= 0.3 is 0 Å². The van der Waals surface area contributed by atoms with Crippen LogP contribution in [0.5, 0.6) is 0 Å². The molecule has 0 aromatic heterocycles. The Morgan fingerprint density at radius 3 is 2.63 bits per heavy atom. The molecule has 0 N–H and O–H groups in total. The van der Waals surface area contributed by atoms with Crippen molar-refractivity contribution in [1.29, 1.82) is 0 Å². The van der Waals surface area contributed by atoms with E-state index in [9.17, 15) is 12.8 Å². The molecule has 0 unspecified atom stereocenters. The summed E-state index contributed by atoms with van der Waals surface area (Å²) in [7, 11) is -3.66. The van der Waals surface area contributed by atoms with E-state index in [1.807, 2.05) is 6.92 Å². The average molecular weight is 306 g/mol. The Morgan fingerprint density at radius 1 is 1.42 bits per heavy atom. The van der Waals surface area contributed by atoms with Gasteiger partial charge in [0.25, 0.3) is 0 Å². The second-order valence-electron chi connectivity index (χ2n) is 4.73. The van der Waals surface area contributed by atoms with Crippen LogP contribution in [0.1, 0.15) is 31.7 Å². The van der Waals surface area contributed by atoms with Crippen LogP contribution in [-0.4, -0.2) is 25.3 Å². The first-order valence-electron chi connectivity index (χ1n) is 6.37. The predicted molar refractivity (Wildman–Crippen MR) is 73.2 cm³/mol. The fourth-order valence-electron chi connectivity index (χ4n) is 2.09. The molecule has 0 saturated heterocycles. The zero-order chi connectivity index (χ0) is 14.0. The molecule has 0 heterocycles. The largest absolute Gasteiger partial charge is 0.243 e. The summed E-state index contributed by atoms with van der Waals surface area (Å²) >= 11 is 5.76. The van der Waals surface area contributed by atoms with Crippen molar-refractivity contribution < 1.29 is 12.8 Å². The molecule has 0 amide bonds. The van der Waals surface area contributed by atoms with Crippen LogP contribution in [0, 0.1) is 5.82 Å². The van der Waals surface area contributed by atoms with Gasteiger partial charge in [-0.2, -0.15) is 4.31 Å². The van der Waals surface area contributed by atoms with Gasteiger partial charge in [-0.3, -0.25) is 0 Å². The summed E-state index contributed by atoms with van der Waals surface area (Å²) in [5, 5.41) is 0. The first-order valence-corrected chi connectivity index (χ1v) is 8.34. The van der Waals surface area contributed by atoms with E-state index in [1.54, 1.807) is 0 Å². The fraction of sp³-hybridized carbons (Fsp3) is 0.538. The Hall–Kier alpha value is -0.650. The molecule has 3 nitrogen and oxygen atoms in total. The quantitative estimate of drug-likeness (QED) is 0.757. The lowest BCUT2D eigenvalue weighted by atomic mass is 10.2. The Labute approximate surface area is 118 Å². The topological polar surface area (TPSA) is 37.4 Å². The zero-order valence-corrected chi connectivity index (χ0v) is 12.3. The van der Waals surface area contributed by atoms with Crippen LogP contribution >= 0.6 is 11.6 Å². The van der Waals surface area contributed by atoms with E-state index in [2.05, 4.69) is 0 Å². The van der Waals surface area contributed by atoms with Crippen molar-refractivity contribution in [3.8, 4) is 0 Å². The molecule has 1 aromatic rings.